The van der Waals surface area contributed by atoms with E-state index in [1.807, 2.05) is 0 Å². The smallest absolute Gasteiger partial charge is 0.149 e. The van der Waals surface area contributed by atoms with Gasteiger partial charge in [0.05, 0.1) is 23.1 Å². The van der Waals surface area contributed by atoms with Crippen molar-refractivity contribution in [2.75, 3.05) is 0 Å². The first-order valence-electron chi connectivity index (χ1n) is 6.66. The quantitative estimate of drug-likeness (QED) is 0.687. The summed E-state index contributed by atoms with van der Waals surface area (Å²) in [6.07, 6.45) is 3.92. The molecular formula is C14H16Cl4N6. The molecule has 0 unspecified atom stereocenters. The fraction of sp³-hybridized carbons (Fsp3) is 0.214. The zero-order valence-corrected chi connectivity index (χ0v) is 15.8. The normalized spacial score (nSPS) is 11.5. The van der Waals surface area contributed by atoms with E-state index in [0.717, 1.165) is 5.69 Å². The maximum absolute atomic E-state index is 6.28. The van der Waals surface area contributed by atoms with Gasteiger partial charge < -0.3 is 10.7 Å². The number of aromatic nitrogens is 5. The zero-order chi connectivity index (χ0) is 15.7. The van der Waals surface area contributed by atoms with Crippen LogP contribution in [0.4, 0.5) is 0 Å². The lowest BCUT2D eigenvalue weighted by Crippen LogP contribution is -2.19. The lowest BCUT2D eigenvalue weighted by atomic mass is 10.1. The SMILES string of the molecule is Cc1nc([C@@H](N)Cc2cnc[nH]2)n(-c2cc(Cl)ccc2Cl)n1.Cl.Cl. The summed E-state index contributed by atoms with van der Waals surface area (Å²) < 4.78 is 1.64. The molecule has 1 atom stereocenters. The van der Waals surface area contributed by atoms with E-state index in [2.05, 4.69) is 20.1 Å². The molecule has 3 rings (SSSR count). The van der Waals surface area contributed by atoms with Crippen molar-refractivity contribution in [1.82, 2.24) is 24.7 Å². The minimum atomic E-state index is -0.350. The van der Waals surface area contributed by atoms with Gasteiger partial charge in [0.25, 0.3) is 0 Å². The minimum absolute atomic E-state index is 0. The maximum atomic E-state index is 6.28. The van der Waals surface area contributed by atoms with Crippen molar-refractivity contribution in [2.45, 2.75) is 19.4 Å². The van der Waals surface area contributed by atoms with Gasteiger partial charge in [0, 0.05) is 23.3 Å². The van der Waals surface area contributed by atoms with E-state index in [0.29, 0.717) is 33.8 Å². The fourth-order valence-corrected chi connectivity index (χ4v) is 2.59. The van der Waals surface area contributed by atoms with Crippen LogP contribution in [0.2, 0.25) is 10.0 Å². The van der Waals surface area contributed by atoms with Crippen LogP contribution in [-0.4, -0.2) is 24.7 Å². The molecule has 10 heteroatoms. The molecule has 1 aromatic carbocycles. The third-order valence-corrected chi connectivity index (χ3v) is 3.76. The molecule has 130 valence electrons. The van der Waals surface area contributed by atoms with Gasteiger partial charge in [0.15, 0.2) is 0 Å². The average molecular weight is 410 g/mol. The lowest BCUT2D eigenvalue weighted by molar-refractivity contribution is 0.629. The largest absolute Gasteiger partial charge is 0.348 e. The Bertz CT molecular complexity index is 787. The Labute approximate surface area is 161 Å². The monoisotopic (exact) mass is 408 g/mol. The zero-order valence-electron chi connectivity index (χ0n) is 12.6. The lowest BCUT2D eigenvalue weighted by Gasteiger charge is -2.13. The topological polar surface area (TPSA) is 85.4 Å². The summed E-state index contributed by atoms with van der Waals surface area (Å²) in [5, 5.41) is 5.49. The van der Waals surface area contributed by atoms with Gasteiger partial charge in [-0.1, -0.05) is 23.2 Å². The van der Waals surface area contributed by atoms with Crippen LogP contribution in [0.1, 0.15) is 23.4 Å². The maximum Gasteiger partial charge on any atom is 0.149 e. The molecule has 0 aliphatic rings. The third-order valence-electron chi connectivity index (χ3n) is 3.20. The second kappa shape index (κ2) is 8.69. The number of nitrogens with two attached hydrogens (primary N) is 1. The number of hydrogen-bond acceptors (Lipinski definition) is 4. The number of hydrogen-bond donors (Lipinski definition) is 2. The van der Waals surface area contributed by atoms with Gasteiger partial charge in [-0.3, -0.25) is 0 Å². The van der Waals surface area contributed by atoms with Crippen molar-refractivity contribution in [3.05, 3.63) is 58.1 Å². The second-order valence-electron chi connectivity index (χ2n) is 4.91. The highest BCUT2D eigenvalue weighted by Crippen LogP contribution is 2.26. The summed E-state index contributed by atoms with van der Waals surface area (Å²) in [6, 6.07) is 4.84. The fourth-order valence-electron chi connectivity index (χ4n) is 2.22. The van der Waals surface area contributed by atoms with E-state index >= 15 is 0 Å². The number of rotatable bonds is 4. The van der Waals surface area contributed by atoms with Crippen LogP contribution >= 0.6 is 48.0 Å². The molecule has 0 radical (unpaired) electrons. The Balaban J connectivity index is 0.00000144. The van der Waals surface area contributed by atoms with Crippen LogP contribution in [0.15, 0.2) is 30.7 Å². The Hall–Kier alpha value is -1.31. The molecular weight excluding hydrogens is 394 g/mol. The number of imidazole rings is 1. The molecule has 0 amide bonds. The van der Waals surface area contributed by atoms with Gasteiger partial charge in [-0.15, -0.1) is 24.8 Å². The number of aryl methyl sites for hydroxylation is 1. The molecule has 0 bridgehead atoms. The summed E-state index contributed by atoms with van der Waals surface area (Å²) in [6.45, 7) is 1.81. The van der Waals surface area contributed by atoms with Gasteiger partial charge in [0.1, 0.15) is 11.6 Å². The molecule has 0 saturated carbocycles. The second-order valence-corrected chi connectivity index (χ2v) is 5.76. The molecule has 3 N–H and O–H groups in total. The highest BCUT2D eigenvalue weighted by Gasteiger charge is 2.19. The van der Waals surface area contributed by atoms with Crippen LogP contribution in [0.5, 0.6) is 0 Å². The van der Waals surface area contributed by atoms with E-state index < -0.39 is 0 Å². The Morgan fingerprint density at radius 3 is 2.71 bits per heavy atom. The molecule has 0 fully saturated rings. The van der Waals surface area contributed by atoms with E-state index in [-0.39, 0.29) is 30.9 Å². The highest BCUT2D eigenvalue weighted by molar-refractivity contribution is 6.34. The van der Waals surface area contributed by atoms with Gasteiger partial charge in [-0.05, 0) is 25.1 Å². The van der Waals surface area contributed by atoms with Gasteiger partial charge in [-0.25, -0.2) is 14.6 Å². The third kappa shape index (κ3) is 4.40. The van der Waals surface area contributed by atoms with E-state index in [4.69, 9.17) is 28.9 Å². The van der Waals surface area contributed by atoms with E-state index in [9.17, 15) is 0 Å². The minimum Gasteiger partial charge on any atom is -0.348 e. The first kappa shape index (κ1) is 20.7. The Morgan fingerprint density at radius 2 is 2.04 bits per heavy atom. The van der Waals surface area contributed by atoms with Crippen molar-refractivity contribution < 1.29 is 0 Å². The van der Waals surface area contributed by atoms with E-state index in [1.165, 1.54) is 0 Å². The summed E-state index contributed by atoms with van der Waals surface area (Å²) in [7, 11) is 0. The molecule has 0 aliphatic carbocycles. The molecule has 2 heterocycles. The molecule has 0 saturated heterocycles. The molecule has 6 nitrogen and oxygen atoms in total. The predicted molar refractivity (Wildman–Crippen MR) is 99.8 cm³/mol. The van der Waals surface area contributed by atoms with Crippen LogP contribution in [0, 0.1) is 6.92 Å². The summed E-state index contributed by atoms with van der Waals surface area (Å²) in [4.78, 5) is 11.4. The highest BCUT2D eigenvalue weighted by atomic mass is 35.5. The van der Waals surface area contributed by atoms with Crippen LogP contribution in [0.3, 0.4) is 0 Å². The molecule has 0 spiro atoms. The summed E-state index contributed by atoms with van der Waals surface area (Å²) >= 11 is 12.3. The number of nitrogens with one attached hydrogen (secondary N) is 1. The molecule has 3 aromatic rings. The van der Waals surface area contributed by atoms with Crippen molar-refractivity contribution in [3.8, 4) is 5.69 Å². The number of aromatic amines is 1. The summed E-state index contributed by atoms with van der Waals surface area (Å²) in [5.41, 5.74) is 7.86. The van der Waals surface area contributed by atoms with Crippen molar-refractivity contribution in [3.63, 3.8) is 0 Å². The molecule has 24 heavy (non-hydrogen) atoms. The number of halogens is 4. The van der Waals surface area contributed by atoms with Crippen LogP contribution < -0.4 is 5.73 Å². The predicted octanol–water partition coefficient (Wildman–Crippen LogP) is 3.69. The first-order valence-corrected chi connectivity index (χ1v) is 7.42. The standard InChI is InChI=1S/C14H14Cl2N6.2ClH/c1-8-20-14(12(17)5-10-6-18-7-19-10)22(21-8)13-4-9(15)2-3-11(13)16;;/h2-4,6-7,12H,5,17H2,1H3,(H,18,19);2*1H/t12-;;/m0../s1. The van der Waals surface area contributed by atoms with Gasteiger partial charge >= 0.3 is 0 Å². The van der Waals surface area contributed by atoms with Gasteiger partial charge in [-0.2, -0.15) is 5.10 Å². The molecule has 2 aromatic heterocycles. The van der Waals surface area contributed by atoms with Crippen LogP contribution in [0.25, 0.3) is 5.69 Å². The van der Waals surface area contributed by atoms with E-state index in [1.54, 1.807) is 42.3 Å². The molecule has 0 aliphatic heterocycles. The van der Waals surface area contributed by atoms with Crippen molar-refractivity contribution in [1.29, 1.82) is 0 Å². The van der Waals surface area contributed by atoms with Crippen LogP contribution in [-0.2, 0) is 6.42 Å². The number of nitrogens with zero attached hydrogens (tertiary/aromatic N) is 4. The van der Waals surface area contributed by atoms with Gasteiger partial charge in [0.2, 0.25) is 0 Å². The number of benzene rings is 1. The number of H-pyrrole nitrogens is 1. The average Bonchev–Trinajstić information content (AvgIpc) is 3.11. The Kier molecular flexibility index (Phi) is 7.51. The first-order chi connectivity index (χ1) is 10.5. The van der Waals surface area contributed by atoms with Crippen molar-refractivity contribution in [2.24, 2.45) is 5.73 Å². The summed E-state index contributed by atoms with van der Waals surface area (Å²) in [5.74, 6) is 1.24. The Morgan fingerprint density at radius 1 is 1.29 bits per heavy atom. The van der Waals surface area contributed by atoms with Crippen molar-refractivity contribution >= 4 is 48.0 Å².